The van der Waals surface area contributed by atoms with Gasteiger partial charge in [-0.1, -0.05) is 30.1 Å². The van der Waals surface area contributed by atoms with E-state index < -0.39 is 0 Å². The van der Waals surface area contributed by atoms with Gasteiger partial charge in [-0.3, -0.25) is 0 Å². The predicted octanol–water partition coefficient (Wildman–Crippen LogP) is 4.42. The van der Waals surface area contributed by atoms with Crippen LogP contribution in [0.5, 0.6) is 0 Å². The Kier molecular flexibility index (Phi) is 5.08. The first kappa shape index (κ1) is 13.4. The fourth-order valence-electron chi connectivity index (χ4n) is 1.44. The number of halogens is 1. The molecule has 0 fully saturated rings. The van der Waals surface area contributed by atoms with E-state index in [1.54, 1.807) is 0 Å². The highest BCUT2D eigenvalue weighted by molar-refractivity contribution is 7.98. The van der Waals surface area contributed by atoms with Crippen molar-refractivity contribution in [1.29, 1.82) is 0 Å². The maximum atomic E-state index is 5.83. The zero-order valence-corrected chi connectivity index (χ0v) is 11.8. The number of rotatable bonds is 6. The fourth-order valence-corrected chi connectivity index (χ4v) is 2.49. The van der Waals surface area contributed by atoms with E-state index in [-0.39, 0.29) is 0 Å². The number of hydrogen-bond acceptors (Lipinski definition) is 4. The summed E-state index contributed by atoms with van der Waals surface area (Å²) in [7, 11) is 0. The molecule has 96 valence electrons. The molecule has 0 N–H and O–H groups in total. The Balaban J connectivity index is 1.95. The summed E-state index contributed by atoms with van der Waals surface area (Å²) in [6, 6.07) is 7.42. The summed E-state index contributed by atoms with van der Waals surface area (Å²) in [5, 5.41) is 4.68. The molecule has 3 nitrogen and oxygen atoms in total. The molecule has 18 heavy (non-hydrogen) atoms. The number of aromatic nitrogens is 2. The van der Waals surface area contributed by atoms with Crippen molar-refractivity contribution in [3.8, 4) is 11.4 Å². The molecule has 1 heterocycles. The number of unbranched alkanes of at least 4 members (excludes halogenated alkanes) is 1. The van der Waals surface area contributed by atoms with Gasteiger partial charge in [0, 0.05) is 10.6 Å². The SMILES string of the molecule is CCCCSCc1nc(-c2ccc(Cl)cc2)no1. The molecule has 2 rings (SSSR count). The van der Waals surface area contributed by atoms with Crippen LogP contribution in [0.3, 0.4) is 0 Å². The second kappa shape index (κ2) is 6.81. The van der Waals surface area contributed by atoms with E-state index in [0.717, 1.165) is 17.1 Å². The van der Waals surface area contributed by atoms with Crippen LogP contribution in [0.2, 0.25) is 5.02 Å². The molecule has 5 heteroatoms. The number of thioether (sulfide) groups is 1. The van der Waals surface area contributed by atoms with Crippen molar-refractivity contribution in [3.63, 3.8) is 0 Å². The zero-order chi connectivity index (χ0) is 12.8. The van der Waals surface area contributed by atoms with Crippen molar-refractivity contribution < 1.29 is 4.52 Å². The van der Waals surface area contributed by atoms with Gasteiger partial charge in [0.1, 0.15) is 0 Å². The van der Waals surface area contributed by atoms with E-state index in [2.05, 4.69) is 17.1 Å². The molecule has 0 spiro atoms. The first-order valence-corrected chi connectivity index (χ1v) is 7.49. The van der Waals surface area contributed by atoms with Crippen LogP contribution in [-0.2, 0) is 5.75 Å². The number of hydrogen-bond donors (Lipinski definition) is 0. The summed E-state index contributed by atoms with van der Waals surface area (Å²) < 4.78 is 5.21. The molecule has 0 bridgehead atoms. The quantitative estimate of drug-likeness (QED) is 0.735. The van der Waals surface area contributed by atoms with E-state index in [0.29, 0.717) is 16.7 Å². The minimum Gasteiger partial charge on any atom is -0.338 e. The van der Waals surface area contributed by atoms with Crippen molar-refractivity contribution in [2.45, 2.75) is 25.5 Å². The van der Waals surface area contributed by atoms with Crippen molar-refractivity contribution in [3.05, 3.63) is 35.2 Å². The Labute approximate surface area is 116 Å². The molecule has 1 aromatic carbocycles. The molecule has 1 aromatic heterocycles. The average Bonchev–Trinajstić information content (AvgIpc) is 2.84. The minimum atomic E-state index is 0.623. The van der Waals surface area contributed by atoms with Gasteiger partial charge in [0.05, 0.1) is 5.75 Å². The fraction of sp³-hybridized carbons (Fsp3) is 0.385. The third kappa shape index (κ3) is 3.75. The summed E-state index contributed by atoms with van der Waals surface area (Å²) in [5.74, 6) is 3.22. The van der Waals surface area contributed by atoms with Gasteiger partial charge in [-0.15, -0.1) is 0 Å². The Morgan fingerprint density at radius 1 is 1.28 bits per heavy atom. The van der Waals surface area contributed by atoms with Crippen molar-refractivity contribution >= 4 is 23.4 Å². The number of benzene rings is 1. The molecular weight excluding hydrogens is 268 g/mol. The molecular formula is C13H15ClN2OS. The molecule has 2 aromatic rings. The predicted molar refractivity (Wildman–Crippen MR) is 75.8 cm³/mol. The lowest BCUT2D eigenvalue weighted by atomic mass is 10.2. The first-order valence-electron chi connectivity index (χ1n) is 5.96. The molecule has 0 saturated carbocycles. The van der Waals surface area contributed by atoms with Gasteiger partial charge in [-0.2, -0.15) is 16.7 Å². The van der Waals surface area contributed by atoms with Gasteiger partial charge < -0.3 is 4.52 Å². The van der Waals surface area contributed by atoms with Gasteiger partial charge in [0.2, 0.25) is 11.7 Å². The van der Waals surface area contributed by atoms with Crippen LogP contribution in [0.4, 0.5) is 0 Å². The Hall–Kier alpha value is -1.00. The summed E-state index contributed by atoms with van der Waals surface area (Å²) in [5.41, 5.74) is 0.924. The third-order valence-corrected chi connectivity index (χ3v) is 3.72. The summed E-state index contributed by atoms with van der Waals surface area (Å²) in [6.45, 7) is 2.19. The van der Waals surface area contributed by atoms with E-state index >= 15 is 0 Å². The van der Waals surface area contributed by atoms with Crippen LogP contribution < -0.4 is 0 Å². The highest BCUT2D eigenvalue weighted by Gasteiger charge is 2.08. The Bertz CT molecular complexity index is 484. The molecule has 0 radical (unpaired) electrons. The smallest absolute Gasteiger partial charge is 0.236 e. The Morgan fingerprint density at radius 3 is 2.78 bits per heavy atom. The normalized spacial score (nSPS) is 10.8. The maximum Gasteiger partial charge on any atom is 0.236 e. The highest BCUT2D eigenvalue weighted by atomic mass is 35.5. The second-order valence-electron chi connectivity index (χ2n) is 3.92. The molecule has 0 amide bonds. The lowest BCUT2D eigenvalue weighted by molar-refractivity contribution is 0.391. The Morgan fingerprint density at radius 2 is 2.06 bits per heavy atom. The standard InChI is InChI=1S/C13H15ClN2OS/c1-2-3-8-18-9-12-15-13(16-17-12)10-4-6-11(14)7-5-10/h4-7H,2-3,8-9H2,1H3. The van der Waals surface area contributed by atoms with Gasteiger partial charge in [0.15, 0.2) is 0 Å². The molecule has 0 unspecified atom stereocenters. The topological polar surface area (TPSA) is 38.9 Å². The largest absolute Gasteiger partial charge is 0.338 e. The van der Waals surface area contributed by atoms with Gasteiger partial charge >= 0.3 is 0 Å². The number of nitrogens with zero attached hydrogens (tertiary/aromatic N) is 2. The van der Waals surface area contributed by atoms with Crippen molar-refractivity contribution in [2.24, 2.45) is 0 Å². The van der Waals surface area contributed by atoms with Crippen LogP contribution in [0.15, 0.2) is 28.8 Å². The lowest BCUT2D eigenvalue weighted by Crippen LogP contribution is -1.84. The van der Waals surface area contributed by atoms with E-state index in [4.69, 9.17) is 16.1 Å². The van der Waals surface area contributed by atoms with Crippen LogP contribution in [0.1, 0.15) is 25.7 Å². The zero-order valence-electron chi connectivity index (χ0n) is 10.2. The van der Waals surface area contributed by atoms with Crippen LogP contribution in [0, 0.1) is 0 Å². The van der Waals surface area contributed by atoms with Gasteiger partial charge in [0.25, 0.3) is 0 Å². The third-order valence-electron chi connectivity index (χ3n) is 2.44. The summed E-state index contributed by atoms with van der Waals surface area (Å²) >= 11 is 7.66. The highest BCUT2D eigenvalue weighted by Crippen LogP contribution is 2.20. The molecule has 0 aliphatic heterocycles. The molecule has 0 saturated heterocycles. The molecule has 0 aliphatic carbocycles. The van der Waals surface area contributed by atoms with Crippen molar-refractivity contribution in [2.75, 3.05) is 5.75 Å². The average molecular weight is 283 g/mol. The lowest BCUT2D eigenvalue weighted by Gasteiger charge is -1.95. The minimum absolute atomic E-state index is 0.623. The van der Waals surface area contributed by atoms with Crippen LogP contribution in [-0.4, -0.2) is 15.9 Å². The van der Waals surface area contributed by atoms with Crippen LogP contribution in [0.25, 0.3) is 11.4 Å². The second-order valence-corrected chi connectivity index (χ2v) is 5.47. The maximum absolute atomic E-state index is 5.83. The van der Waals surface area contributed by atoms with Crippen LogP contribution >= 0.6 is 23.4 Å². The first-order chi connectivity index (χ1) is 8.79. The van der Waals surface area contributed by atoms with Crippen molar-refractivity contribution in [1.82, 2.24) is 10.1 Å². The molecule has 0 aliphatic rings. The monoisotopic (exact) mass is 282 g/mol. The molecule has 0 atom stereocenters. The van der Waals surface area contributed by atoms with E-state index in [9.17, 15) is 0 Å². The summed E-state index contributed by atoms with van der Waals surface area (Å²) in [6.07, 6.45) is 2.44. The summed E-state index contributed by atoms with van der Waals surface area (Å²) in [4.78, 5) is 4.37. The van der Waals surface area contributed by atoms with E-state index in [1.807, 2.05) is 36.0 Å². The van der Waals surface area contributed by atoms with Gasteiger partial charge in [-0.05, 0) is 36.4 Å². The van der Waals surface area contributed by atoms with E-state index in [1.165, 1.54) is 12.8 Å². The van der Waals surface area contributed by atoms with Gasteiger partial charge in [-0.25, -0.2) is 0 Å².